The highest BCUT2D eigenvalue weighted by Gasteiger charge is 2.32. The van der Waals surface area contributed by atoms with E-state index < -0.39 is 0 Å². The summed E-state index contributed by atoms with van der Waals surface area (Å²) in [5, 5.41) is 14.0. The molecular formula is C21H24N2OS. The van der Waals surface area contributed by atoms with Gasteiger partial charge in [-0.2, -0.15) is 5.26 Å². The Balaban J connectivity index is 2.55. The Labute approximate surface area is 154 Å². The van der Waals surface area contributed by atoms with Gasteiger partial charge in [0.25, 0.3) is 0 Å². The van der Waals surface area contributed by atoms with E-state index in [1.165, 1.54) is 5.57 Å². The van der Waals surface area contributed by atoms with E-state index >= 15 is 0 Å². The van der Waals surface area contributed by atoms with Crippen LogP contribution in [0, 0.1) is 18.3 Å². The summed E-state index contributed by atoms with van der Waals surface area (Å²) >= 11 is 1.60. The molecule has 1 aliphatic heterocycles. The zero-order valence-corrected chi connectivity index (χ0v) is 16.3. The molecule has 130 valence electrons. The number of carbonyl (C=O) groups excluding carboxylic acids is 1. The fourth-order valence-electron chi connectivity index (χ4n) is 2.97. The lowest BCUT2D eigenvalue weighted by Gasteiger charge is -2.29. The van der Waals surface area contributed by atoms with Crippen molar-refractivity contribution in [3.05, 3.63) is 68.9 Å². The number of hydrogen-bond donors (Lipinski definition) is 1. The molecule has 2 rings (SSSR count). The second-order valence-electron chi connectivity index (χ2n) is 6.51. The van der Waals surface area contributed by atoms with Gasteiger partial charge in [-0.05, 0) is 40.2 Å². The van der Waals surface area contributed by atoms with E-state index in [9.17, 15) is 10.1 Å². The Morgan fingerprint density at radius 1 is 1.32 bits per heavy atom. The van der Waals surface area contributed by atoms with Gasteiger partial charge >= 0.3 is 0 Å². The molecule has 0 aliphatic carbocycles. The van der Waals surface area contributed by atoms with Crippen molar-refractivity contribution >= 4 is 17.5 Å². The fraction of sp³-hybridized carbons (Fsp3) is 0.333. The van der Waals surface area contributed by atoms with Crippen LogP contribution in [-0.2, 0) is 4.79 Å². The van der Waals surface area contributed by atoms with Crippen molar-refractivity contribution in [3.8, 4) is 6.07 Å². The molecule has 3 nitrogen and oxygen atoms in total. The first-order valence-corrected chi connectivity index (χ1v) is 9.29. The first-order valence-electron chi connectivity index (χ1n) is 8.30. The molecular weight excluding hydrogens is 328 g/mol. The summed E-state index contributed by atoms with van der Waals surface area (Å²) in [6.07, 6.45) is 2.13. The van der Waals surface area contributed by atoms with Crippen LogP contribution < -0.4 is 5.32 Å². The lowest BCUT2D eigenvalue weighted by Crippen LogP contribution is -2.27. The summed E-state index contributed by atoms with van der Waals surface area (Å²) in [5.74, 6) is 0.481. The highest BCUT2D eigenvalue weighted by molar-refractivity contribution is 8.03. The van der Waals surface area contributed by atoms with E-state index in [0.29, 0.717) is 11.1 Å². The van der Waals surface area contributed by atoms with Gasteiger partial charge in [-0.1, -0.05) is 41.5 Å². The molecule has 1 aromatic carbocycles. The quantitative estimate of drug-likeness (QED) is 0.759. The van der Waals surface area contributed by atoms with E-state index in [1.807, 2.05) is 32.0 Å². The van der Waals surface area contributed by atoms with Crippen molar-refractivity contribution in [1.29, 1.82) is 5.26 Å². The van der Waals surface area contributed by atoms with E-state index in [2.05, 4.69) is 37.4 Å². The third-order valence-corrected chi connectivity index (χ3v) is 5.07. The molecule has 1 aromatic rings. The van der Waals surface area contributed by atoms with Crippen molar-refractivity contribution in [3.63, 3.8) is 0 Å². The van der Waals surface area contributed by atoms with Gasteiger partial charge in [-0.15, -0.1) is 11.8 Å². The second kappa shape index (κ2) is 8.22. The lowest BCUT2D eigenvalue weighted by molar-refractivity contribution is -0.113. The van der Waals surface area contributed by atoms with Crippen molar-refractivity contribution in [2.24, 2.45) is 0 Å². The molecule has 0 aromatic heterocycles. The van der Waals surface area contributed by atoms with Crippen molar-refractivity contribution in [2.75, 3.05) is 5.75 Å². The fourth-order valence-corrected chi connectivity index (χ4v) is 4.10. The Morgan fingerprint density at radius 3 is 2.60 bits per heavy atom. The van der Waals surface area contributed by atoms with E-state index in [-0.39, 0.29) is 11.7 Å². The van der Waals surface area contributed by atoms with Crippen LogP contribution in [0.25, 0.3) is 0 Å². The van der Waals surface area contributed by atoms with Crippen LogP contribution in [0.5, 0.6) is 0 Å². The first-order chi connectivity index (χ1) is 11.8. The van der Waals surface area contributed by atoms with Crippen molar-refractivity contribution in [1.82, 2.24) is 5.32 Å². The topological polar surface area (TPSA) is 52.9 Å². The Hall–Kier alpha value is -2.25. The molecule has 0 amide bonds. The molecule has 1 heterocycles. The number of nitriles is 1. The largest absolute Gasteiger partial charge is 0.353 e. The van der Waals surface area contributed by atoms with Gasteiger partial charge in [0.05, 0.1) is 22.6 Å². The van der Waals surface area contributed by atoms with Gasteiger partial charge in [0.15, 0.2) is 5.78 Å². The van der Waals surface area contributed by atoms with Crippen LogP contribution in [0.2, 0.25) is 0 Å². The number of ketones is 1. The molecule has 0 radical (unpaired) electrons. The van der Waals surface area contributed by atoms with Crippen LogP contribution in [0.15, 0.2) is 57.8 Å². The van der Waals surface area contributed by atoms with Crippen LogP contribution >= 0.6 is 11.8 Å². The predicted octanol–water partition coefficient (Wildman–Crippen LogP) is 4.98. The standard InChI is InChI=1S/C21H24N2OS/c1-13(2)9-10-25-21-18(12-22)20(17-8-6-7-14(3)11-17)19(16(5)24)15(4)23-21/h6-9,11,20,23H,10H2,1-5H3/t20-/m1/s1. The maximum absolute atomic E-state index is 12.3. The summed E-state index contributed by atoms with van der Waals surface area (Å²) in [6.45, 7) is 9.62. The number of aryl methyl sites for hydroxylation is 1. The van der Waals surface area contributed by atoms with Crippen molar-refractivity contribution < 1.29 is 4.79 Å². The van der Waals surface area contributed by atoms with Crippen LogP contribution in [0.4, 0.5) is 0 Å². The average molecular weight is 353 g/mol. The first kappa shape index (κ1) is 19.1. The van der Waals surface area contributed by atoms with E-state index in [0.717, 1.165) is 27.6 Å². The summed E-state index contributed by atoms with van der Waals surface area (Å²) in [6, 6.07) is 10.4. The van der Waals surface area contributed by atoms with Crippen molar-refractivity contribution in [2.45, 2.75) is 40.5 Å². The summed E-state index contributed by atoms with van der Waals surface area (Å²) in [4.78, 5) is 12.3. The van der Waals surface area contributed by atoms with Gasteiger partial charge in [0, 0.05) is 17.0 Å². The Bertz CT molecular complexity index is 821. The molecule has 0 saturated heterocycles. The molecule has 0 unspecified atom stereocenters. The highest BCUT2D eigenvalue weighted by Crippen LogP contribution is 2.40. The molecule has 1 N–H and O–H groups in total. The van der Waals surface area contributed by atoms with E-state index in [1.54, 1.807) is 18.7 Å². The van der Waals surface area contributed by atoms with Crippen LogP contribution in [0.1, 0.15) is 44.7 Å². The summed E-state index contributed by atoms with van der Waals surface area (Å²) in [5.41, 5.74) is 5.48. The number of nitrogens with one attached hydrogen (secondary N) is 1. The molecule has 0 fully saturated rings. The number of nitrogens with zero attached hydrogens (tertiary/aromatic N) is 1. The number of Topliss-reactive ketones (excluding diaryl/α,β-unsaturated/α-hetero) is 1. The normalized spacial score (nSPS) is 17.0. The number of allylic oxidation sites excluding steroid dienone is 4. The average Bonchev–Trinajstić information content (AvgIpc) is 2.53. The van der Waals surface area contributed by atoms with Crippen LogP contribution in [-0.4, -0.2) is 11.5 Å². The molecule has 0 spiro atoms. The third kappa shape index (κ3) is 4.43. The molecule has 1 aliphatic rings. The van der Waals surface area contributed by atoms with Gasteiger partial charge in [0.1, 0.15) is 0 Å². The molecule has 0 bridgehead atoms. The van der Waals surface area contributed by atoms with Gasteiger partial charge < -0.3 is 5.32 Å². The smallest absolute Gasteiger partial charge is 0.158 e. The number of thioether (sulfide) groups is 1. The third-order valence-electron chi connectivity index (χ3n) is 4.12. The lowest BCUT2D eigenvalue weighted by atomic mass is 9.80. The second-order valence-corrected chi connectivity index (χ2v) is 7.54. The highest BCUT2D eigenvalue weighted by atomic mass is 32.2. The predicted molar refractivity (Wildman–Crippen MR) is 105 cm³/mol. The number of benzene rings is 1. The zero-order valence-electron chi connectivity index (χ0n) is 15.4. The van der Waals surface area contributed by atoms with E-state index in [4.69, 9.17) is 0 Å². The number of rotatable bonds is 5. The molecule has 0 saturated carbocycles. The minimum absolute atomic E-state index is 0.00222. The summed E-state index contributed by atoms with van der Waals surface area (Å²) < 4.78 is 0. The zero-order chi connectivity index (χ0) is 18.6. The van der Waals surface area contributed by atoms with Gasteiger partial charge in [0.2, 0.25) is 0 Å². The number of hydrogen-bond acceptors (Lipinski definition) is 4. The minimum atomic E-state index is -0.308. The SMILES string of the molecule is CC(=O)C1=C(C)NC(SCC=C(C)C)=C(C#N)[C@H]1c1cccc(C)c1. The van der Waals surface area contributed by atoms with Gasteiger partial charge in [-0.3, -0.25) is 4.79 Å². The monoisotopic (exact) mass is 352 g/mol. The Kier molecular flexibility index (Phi) is 6.27. The molecule has 1 atom stereocenters. The number of carbonyl (C=O) groups is 1. The number of dihydropyridines is 1. The summed E-state index contributed by atoms with van der Waals surface area (Å²) in [7, 11) is 0. The molecule has 25 heavy (non-hydrogen) atoms. The molecule has 4 heteroatoms. The maximum Gasteiger partial charge on any atom is 0.158 e. The van der Waals surface area contributed by atoms with Gasteiger partial charge in [-0.25, -0.2) is 0 Å². The Morgan fingerprint density at radius 2 is 2.04 bits per heavy atom. The minimum Gasteiger partial charge on any atom is -0.353 e. The van der Waals surface area contributed by atoms with Crippen LogP contribution in [0.3, 0.4) is 0 Å². The maximum atomic E-state index is 12.3.